The Morgan fingerprint density at radius 3 is 2.26 bits per heavy atom. The normalized spacial score (nSPS) is 12.9. The molecule has 2 N–H and O–H groups in total. The summed E-state index contributed by atoms with van der Waals surface area (Å²) in [6.45, 7) is 0. The molecule has 1 aromatic rings. The zero-order chi connectivity index (χ0) is 13.8. The highest BCUT2D eigenvalue weighted by atomic mass is 35.5. The predicted molar refractivity (Wildman–Crippen MR) is 67.7 cm³/mol. The first-order valence-electron chi connectivity index (χ1n) is 5.03. The van der Waals surface area contributed by atoms with Crippen LogP contribution in [0.25, 0.3) is 6.08 Å². The number of benzene rings is 1. The highest BCUT2D eigenvalue weighted by Gasteiger charge is 2.29. The molecule has 0 radical (unpaired) electrons. The zero-order valence-corrected chi connectivity index (χ0v) is 10.8. The van der Waals surface area contributed by atoms with Crippen molar-refractivity contribution in [2.24, 2.45) is 5.73 Å². The van der Waals surface area contributed by atoms with Crippen LogP contribution in [0.5, 0.6) is 0 Å². The summed E-state index contributed by atoms with van der Waals surface area (Å²) >= 11 is 0. The number of carbonyl (C=O) groups excluding carboxylic acids is 1. The number of ether oxygens (including phenoxy) is 1. The van der Waals surface area contributed by atoms with Crippen molar-refractivity contribution in [1.29, 1.82) is 0 Å². The fraction of sp³-hybridized carbons (Fsp3) is 0.250. The lowest BCUT2D eigenvalue weighted by Crippen LogP contribution is -2.28. The van der Waals surface area contributed by atoms with E-state index < -0.39 is 23.8 Å². The van der Waals surface area contributed by atoms with Crippen molar-refractivity contribution >= 4 is 24.5 Å². The van der Waals surface area contributed by atoms with Crippen LogP contribution in [0, 0.1) is 0 Å². The number of carbonyl (C=O) groups is 1. The Hall–Kier alpha value is -1.53. The molecule has 0 saturated heterocycles. The molecule has 0 aliphatic rings. The van der Waals surface area contributed by atoms with Crippen molar-refractivity contribution in [2.45, 2.75) is 12.2 Å². The number of nitrogens with two attached hydrogens (primary N) is 1. The average Bonchev–Trinajstić information content (AvgIpc) is 2.34. The van der Waals surface area contributed by atoms with Crippen LogP contribution < -0.4 is 5.73 Å². The van der Waals surface area contributed by atoms with E-state index in [0.29, 0.717) is 5.56 Å². The van der Waals surface area contributed by atoms with Crippen molar-refractivity contribution in [3.63, 3.8) is 0 Å². The van der Waals surface area contributed by atoms with Gasteiger partial charge in [0.05, 0.1) is 12.7 Å². The maximum Gasteiger partial charge on any atom is 0.416 e. The van der Waals surface area contributed by atoms with E-state index in [1.54, 1.807) is 0 Å². The van der Waals surface area contributed by atoms with Gasteiger partial charge in [-0.05, 0) is 17.7 Å². The molecule has 0 aromatic heterocycles. The fourth-order valence-corrected chi connectivity index (χ4v) is 1.21. The van der Waals surface area contributed by atoms with Gasteiger partial charge in [-0.1, -0.05) is 24.3 Å². The van der Waals surface area contributed by atoms with E-state index in [4.69, 9.17) is 5.73 Å². The Kier molecular flexibility index (Phi) is 6.58. The van der Waals surface area contributed by atoms with Gasteiger partial charge < -0.3 is 10.5 Å². The summed E-state index contributed by atoms with van der Waals surface area (Å²) in [4.78, 5) is 11.0. The van der Waals surface area contributed by atoms with Crippen LogP contribution in [0.15, 0.2) is 30.3 Å². The lowest BCUT2D eigenvalue weighted by atomic mass is 10.1. The summed E-state index contributed by atoms with van der Waals surface area (Å²) < 4.78 is 41.3. The molecule has 0 aliphatic carbocycles. The van der Waals surface area contributed by atoms with Gasteiger partial charge in [-0.15, -0.1) is 12.4 Å². The molecule has 0 bridgehead atoms. The first-order chi connectivity index (χ1) is 8.34. The second-order valence-electron chi connectivity index (χ2n) is 3.53. The summed E-state index contributed by atoms with van der Waals surface area (Å²) in [7, 11) is 1.20. The van der Waals surface area contributed by atoms with Gasteiger partial charge in [0.1, 0.15) is 6.04 Å². The number of hydrogen-bond donors (Lipinski definition) is 1. The van der Waals surface area contributed by atoms with Gasteiger partial charge in [0.25, 0.3) is 0 Å². The average molecular weight is 296 g/mol. The Morgan fingerprint density at radius 2 is 1.84 bits per heavy atom. The van der Waals surface area contributed by atoms with Gasteiger partial charge in [0.2, 0.25) is 0 Å². The first-order valence-corrected chi connectivity index (χ1v) is 5.03. The number of esters is 1. The molecule has 0 spiro atoms. The number of methoxy groups -OCH3 is 1. The molecule has 0 amide bonds. The Balaban J connectivity index is 0.00000324. The lowest BCUT2D eigenvalue weighted by molar-refractivity contribution is -0.141. The van der Waals surface area contributed by atoms with Crippen LogP contribution in [0.3, 0.4) is 0 Å². The van der Waals surface area contributed by atoms with Crippen molar-refractivity contribution in [3.05, 3.63) is 41.5 Å². The first kappa shape index (κ1) is 17.5. The molecule has 19 heavy (non-hydrogen) atoms. The van der Waals surface area contributed by atoms with Crippen LogP contribution in [-0.2, 0) is 15.7 Å². The molecule has 1 aromatic carbocycles. The van der Waals surface area contributed by atoms with Crippen molar-refractivity contribution in [1.82, 2.24) is 0 Å². The van der Waals surface area contributed by atoms with Gasteiger partial charge in [0.15, 0.2) is 0 Å². The summed E-state index contributed by atoms with van der Waals surface area (Å²) in [5, 5.41) is 0. The van der Waals surface area contributed by atoms with E-state index in [1.165, 1.54) is 31.4 Å². The van der Waals surface area contributed by atoms with Crippen molar-refractivity contribution < 1.29 is 22.7 Å². The summed E-state index contributed by atoms with van der Waals surface area (Å²) in [6.07, 6.45) is -1.54. The zero-order valence-electron chi connectivity index (χ0n) is 9.98. The molecule has 7 heteroatoms. The maximum atomic E-state index is 12.3. The van der Waals surface area contributed by atoms with Gasteiger partial charge in [0, 0.05) is 0 Å². The largest absolute Gasteiger partial charge is 0.468 e. The number of alkyl halides is 3. The maximum absolute atomic E-state index is 12.3. The molecule has 106 valence electrons. The molecule has 0 heterocycles. The van der Waals surface area contributed by atoms with E-state index >= 15 is 0 Å². The Morgan fingerprint density at radius 1 is 1.32 bits per heavy atom. The van der Waals surface area contributed by atoms with Crippen molar-refractivity contribution in [2.75, 3.05) is 7.11 Å². The topological polar surface area (TPSA) is 52.3 Å². The van der Waals surface area contributed by atoms with Crippen LogP contribution in [0.2, 0.25) is 0 Å². The van der Waals surface area contributed by atoms with Gasteiger partial charge in [-0.3, -0.25) is 4.79 Å². The molecule has 3 nitrogen and oxygen atoms in total. The van der Waals surface area contributed by atoms with E-state index in [1.807, 2.05) is 0 Å². The number of halogens is 4. The Bertz CT molecular complexity index is 443. The summed E-state index contributed by atoms with van der Waals surface area (Å²) in [6, 6.07) is 3.58. The van der Waals surface area contributed by atoms with E-state index in [2.05, 4.69) is 4.74 Å². The highest BCUT2D eigenvalue weighted by Crippen LogP contribution is 2.29. The fourth-order valence-electron chi connectivity index (χ4n) is 1.21. The third-order valence-corrected chi connectivity index (χ3v) is 2.21. The summed E-state index contributed by atoms with van der Waals surface area (Å²) in [5.74, 6) is -0.613. The highest BCUT2D eigenvalue weighted by molar-refractivity contribution is 5.85. The minimum atomic E-state index is -4.36. The smallest absolute Gasteiger partial charge is 0.416 e. The second kappa shape index (κ2) is 7.16. The minimum Gasteiger partial charge on any atom is -0.468 e. The molecular formula is C12H13ClF3NO2. The third-order valence-electron chi connectivity index (χ3n) is 2.21. The van der Waals surface area contributed by atoms with Gasteiger partial charge in [-0.2, -0.15) is 13.2 Å². The Labute approximate surface area is 114 Å². The molecular weight excluding hydrogens is 283 g/mol. The molecule has 1 rings (SSSR count). The second-order valence-corrected chi connectivity index (χ2v) is 3.53. The van der Waals surface area contributed by atoms with Gasteiger partial charge >= 0.3 is 12.1 Å². The number of hydrogen-bond acceptors (Lipinski definition) is 3. The standard InChI is InChI=1S/C12H12F3NO2.ClH/c1-18-11(17)10(16)7-4-8-2-5-9(6-3-8)12(13,14)15;/h2-7,10H,16H2,1H3;1H/b7-4+;/t10-;/m0./s1. The van der Waals surface area contributed by atoms with Crippen LogP contribution in [-0.4, -0.2) is 19.1 Å². The number of rotatable bonds is 3. The van der Waals surface area contributed by atoms with E-state index in [0.717, 1.165) is 12.1 Å². The van der Waals surface area contributed by atoms with Crippen LogP contribution >= 0.6 is 12.4 Å². The quantitative estimate of drug-likeness (QED) is 0.872. The molecule has 1 atom stereocenters. The predicted octanol–water partition coefficient (Wildman–Crippen LogP) is 2.64. The third kappa shape index (κ3) is 5.32. The van der Waals surface area contributed by atoms with Crippen LogP contribution in [0.4, 0.5) is 13.2 Å². The molecule has 0 unspecified atom stereocenters. The molecule has 0 fully saturated rings. The lowest BCUT2D eigenvalue weighted by Gasteiger charge is -2.06. The van der Waals surface area contributed by atoms with Gasteiger partial charge in [-0.25, -0.2) is 0 Å². The summed E-state index contributed by atoms with van der Waals surface area (Å²) in [5.41, 5.74) is 5.22. The SMILES string of the molecule is COC(=O)[C@@H](N)/C=C/c1ccc(C(F)(F)F)cc1.Cl. The van der Waals surface area contributed by atoms with Crippen molar-refractivity contribution in [3.8, 4) is 0 Å². The van der Waals surface area contributed by atoms with E-state index in [-0.39, 0.29) is 12.4 Å². The molecule has 0 saturated carbocycles. The van der Waals surface area contributed by atoms with Crippen LogP contribution in [0.1, 0.15) is 11.1 Å². The minimum absolute atomic E-state index is 0. The molecule has 0 aliphatic heterocycles. The monoisotopic (exact) mass is 295 g/mol. The van der Waals surface area contributed by atoms with E-state index in [9.17, 15) is 18.0 Å².